The summed E-state index contributed by atoms with van der Waals surface area (Å²) in [7, 11) is 0. The largest absolute Gasteiger partial charge is 0.507 e. The third kappa shape index (κ3) is 2.07. The van der Waals surface area contributed by atoms with Crippen LogP contribution in [0, 0.1) is 0 Å². The SMILES string of the molecule is CC1=CN(C(=O)c2ccccc2O)C(C(=O)O)C1. The fourth-order valence-electron chi connectivity index (χ4n) is 1.98. The van der Waals surface area contributed by atoms with Crippen molar-refractivity contribution in [3.63, 3.8) is 0 Å². The van der Waals surface area contributed by atoms with Gasteiger partial charge in [-0.2, -0.15) is 0 Å². The van der Waals surface area contributed by atoms with Crippen molar-refractivity contribution in [1.82, 2.24) is 4.90 Å². The number of phenols is 1. The molecule has 2 rings (SSSR count). The summed E-state index contributed by atoms with van der Waals surface area (Å²) in [5, 5.41) is 18.7. The maximum absolute atomic E-state index is 12.2. The molecule has 94 valence electrons. The molecule has 0 saturated carbocycles. The monoisotopic (exact) mass is 247 g/mol. The van der Waals surface area contributed by atoms with Crippen molar-refractivity contribution in [2.45, 2.75) is 19.4 Å². The van der Waals surface area contributed by atoms with Crippen LogP contribution in [0.25, 0.3) is 0 Å². The highest BCUT2D eigenvalue weighted by Gasteiger charge is 2.34. The van der Waals surface area contributed by atoms with E-state index in [1.807, 2.05) is 0 Å². The minimum Gasteiger partial charge on any atom is -0.507 e. The fourth-order valence-corrected chi connectivity index (χ4v) is 1.98. The molecular formula is C13H13NO4. The second kappa shape index (κ2) is 4.52. The summed E-state index contributed by atoms with van der Waals surface area (Å²) >= 11 is 0. The Labute approximate surface area is 104 Å². The van der Waals surface area contributed by atoms with Gasteiger partial charge in [0.25, 0.3) is 5.91 Å². The Bertz CT molecular complexity index is 536. The molecule has 5 nitrogen and oxygen atoms in total. The van der Waals surface area contributed by atoms with E-state index in [0.29, 0.717) is 6.42 Å². The van der Waals surface area contributed by atoms with Crippen molar-refractivity contribution < 1.29 is 19.8 Å². The summed E-state index contributed by atoms with van der Waals surface area (Å²) in [6, 6.07) is 5.20. The first-order valence-electron chi connectivity index (χ1n) is 5.51. The van der Waals surface area contributed by atoms with Crippen LogP contribution in [0.4, 0.5) is 0 Å². The molecule has 0 spiro atoms. The number of para-hydroxylation sites is 1. The molecule has 0 aromatic heterocycles. The lowest BCUT2D eigenvalue weighted by atomic mass is 10.1. The molecule has 0 aliphatic carbocycles. The first-order valence-corrected chi connectivity index (χ1v) is 5.51. The third-order valence-corrected chi connectivity index (χ3v) is 2.86. The van der Waals surface area contributed by atoms with Gasteiger partial charge in [0.2, 0.25) is 0 Å². The topological polar surface area (TPSA) is 77.8 Å². The number of amides is 1. The number of nitrogens with zero attached hydrogens (tertiary/aromatic N) is 1. The number of carbonyl (C=O) groups excluding carboxylic acids is 1. The average Bonchev–Trinajstić information content (AvgIpc) is 2.71. The van der Waals surface area contributed by atoms with E-state index in [9.17, 15) is 14.7 Å². The van der Waals surface area contributed by atoms with E-state index in [2.05, 4.69) is 0 Å². The van der Waals surface area contributed by atoms with E-state index in [0.717, 1.165) is 10.5 Å². The Morgan fingerprint density at radius 2 is 2.00 bits per heavy atom. The number of carboxylic acids is 1. The first-order chi connectivity index (χ1) is 8.50. The predicted octanol–water partition coefficient (Wildman–Crippen LogP) is 1.60. The van der Waals surface area contributed by atoms with E-state index in [-0.39, 0.29) is 11.3 Å². The minimum absolute atomic E-state index is 0.106. The molecule has 1 aromatic rings. The molecular weight excluding hydrogens is 234 g/mol. The number of benzene rings is 1. The van der Waals surface area contributed by atoms with Crippen LogP contribution in [0.1, 0.15) is 23.7 Å². The van der Waals surface area contributed by atoms with Crippen LogP contribution in [-0.4, -0.2) is 33.0 Å². The van der Waals surface area contributed by atoms with Crippen molar-refractivity contribution in [2.24, 2.45) is 0 Å². The summed E-state index contributed by atoms with van der Waals surface area (Å²) in [5.74, 6) is -1.70. The van der Waals surface area contributed by atoms with E-state index >= 15 is 0 Å². The Morgan fingerprint density at radius 3 is 2.61 bits per heavy atom. The van der Waals surface area contributed by atoms with Gasteiger partial charge in [0.05, 0.1) is 5.56 Å². The van der Waals surface area contributed by atoms with Gasteiger partial charge >= 0.3 is 5.97 Å². The zero-order chi connectivity index (χ0) is 13.3. The van der Waals surface area contributed by atoms with Crippen molar-refractivity contribution in [1.29, 1.82) is 0 Å². The van der Waals surface area contributed by atoms with Crippen molar-refractivity contribution >= 4 is 11.9 Å². The summed E-state index contributed by atoms with van der Waals surface area (Å²) in [5.41, 5.74) is 0.931. The molecule has 0 radical (unpaired) electrons. The number of hydrogen-bond donors (Lipinski definition) is 2. The van der Waals surface area contributed by atoms with Crippen molar-refractivity contribution in [3.05, 3.63) is 41.6 Å². The van der Waals surface area contributed by atoms with E-state index < -0.39 is 17.9 Å². The normalized spacial score (nSPS) is 18.6. The van der Waals surface area contributed by atoms with Crippen LogP contribution >= 0.6 is 0 Å². The Kier molecular flexibility index (Phi) is 3.06. The fraction of sp³-hybridized carbons (Fsp3) is 0.231. The Balaban J connectivity index is 2.34. The number of rotatable bonds is 2. The highest BCUT2D eigenvalue weighted by molar-refractivity contribution is 6.00. The highest BCUT2D eigenvalue weighted by atomic mass is 16.4. The number of phenolic OH excluding ortho intramolecular Hbond substituents is 1. The van der Waals surface area contributed by atoms with Gasteiger partial charge in [0, 0.05) is 12.6 Å². The number of aromatic hydroxyl groups is 1. The molecule has 0 fully saturated rings. The van der Waals surface area contributed by atoms with Crippen molar-refractivity contribution in [3.8, 4) is 5.75 Å². The molecule has 1 heterocycles. The summed E-state index contributed by atoms with van der Waals surface area (Å²) in [4.78, 5) is 24.4. The molecule has 2 N–H and O–H groups in total. The second-order valence-corrected chi connectivity index (χ2v) is 4.26. The predicted molar refractivity (Wildman–Crippen MR) is 64.1 cm³/mol. The van der Waals surface area contributed by atoms with E-state index in [1.165, 1.54) is 18.3 Å². The van der Waals surface area contributed by atoms with Crippen LogP contribution in [0.2, 0.25) is 0 Å². The van der Waals surface area contributed by atoms with E-state index in [1.54, 1.807) is 19.1 Å². The van der Waals surface area contributed by atoms with E-state index in [4.69, 9.17) is 5.11 Å². The van der Waals surface area contributed by atoms with Gasteiger partial charge < -0.3 is 15.1 Å². The smallest absolute Gasteiger partial charge is 0.327 e. The quantitative estimate of drug-likeness (QED) is 0.832. The van der Waals surface area contributed by atoms with Gasteiger partial charge in [-0.15, -0.1) is 0 Å². The molecule has 0 bridgehead atoms. The van der Waals surface area contributed by atoms with Gasteiger partial charge in [-0.05, 0) is 19.1 Å². The third-order valence-electron chi connectivity index (χ3n) is 2.86. The Morgan fingerprint density at radius 1 is 1.33 bits per heavy atom. The maximum Gasteiger partial charge on any atom is 0.327 e. The van der Waals surface area contributed by atoms with Crippen LogP contribution in [0.15, 0.2) is 36.0 Å². The Hall–Kier alpha value is -2.30. The maximum atomic E-state index is 12.2. The lowest BCUT2D eigenvalue weighted by Crippen LogP contribution is -2.38. The number of aliphatic carboxylic acids is 1. The zero-order valence-corrected chi connectivity index (χ0v) is 9.83. The molecule has 5 heteroatoms. The molecule has 1 aliphatic heterocycles. The van der Waals surface area contributed by atoms with Crippen LogP contribution in [-0.2, 0) is 4.79 Å². The van der Waals surface area contributed by atoms with Crippen molar-refractivity contribution in [2.75, 3.05) is 0 Å². The average molecular weight is 247 g/mol. The van der Waals surface area contributed by atoms with Crippen LogP contribution in [0.3, 0.4) is 0 Å². The van der Waals surface area contributed by atoms with Gasteiger partial charge in [0.15, 0.2) is 0 Å². The number of carboxylic acid groups (broad SMARTS) is 1. The zero-order valence-electron chi connectivity index (χ0n) is 9.83. The minimum atomic E-state index is -1.05. The summed E-state index contributed by atoms with van der Waals surface area (Å²) in [6.07, 6.45) is 1.84. The van der Waals surface area contributed by atoms with Crippen LogP contribution in [0.5, 0.6) is 5.75 Å². The molecule has 1 amide bonds. The first kappa shape index (κ1) is 12.2. The number of carbonyl (C=O) groups is 2. The second-order valence-electron chi connectivity index (χ2n) is 4.26. The van der Waals surface area contributed by atoms with Gasteiger partial charge in [-0.25, -0.2) is 4.79 Å². The van der Waals surface area contributed by atoms with Crippen LogP contribution < -0.4 is 0 Å². The lowest BCUT2D eigenvalue weighted by Gasteiger charge is -2.20. The number of hydrogen-bond acceptors (Lipinski definition) is 3. The summed E-state index contributed by atoms with van der Waals surface area (Å²) < 4.78 is 0. The molecule has 0 saturated heterocycles. The lowest BCUT2D eigenvalue weighted by molar-refractivity contribution is -0.141. The standard InChI is InChI=1S/C13H13NO4/c1-8-6-10(13(17)18)14(7-8)12(16)9-4-2-3-5-11(9)15/h2-5,7,10,15H,6H2,1H3,(H,17,18). The molecule has 1 aliphatic rings. The highest BCUT2D eigenvalue weighted by Crippen LogP contribution is 2.26. The summed E-state index contributed by atoms with van der Waals surface area (Å²) in [6.45, 7) is 1.77. The molecule has 1 atom stereocenters. The molecule has 1 unspecified atom stereocenters. The molecule has 1 aromatic carbocycles. The molecule has 18 heavy (non-hydrogen) atoms. The van der Waals surface area contributed by atoms with Gasteiger partial charge in [0.1, 0.15) is 11.8 Å². The van der Waals surface area contributed by atoms with Gasteiger partial charge in [-0.3, -0.25) is 4.79 Å². The van der Waals surface area contributed by atoms with Gasteiger partial charge in [-0.1, -0.05) is 17.7 Å².